The monoisotopic (exact) mass is 332 g/mol. The summed E-state index contributed by atoms with van der Waals surface area (Å²) in [6, 6.07) is 5.73. The quantitative estimate of drug-likeness (QED) is 0.915. The van der Waals surface area contributed by atoms with Gasteiger partial charge in [-0.25, -0.2) is 14.2 Å². The van der Waals surface area contributed by atoms with Crippen molar-refractivity contribution in [2.24, 2.45) is 0 Å². The van der Waals surface area contributed by atoms with Crippen molar-refractivity contribution in [1.29, 1.82) is 5.26 Å². The molecule has 2 aromatic rings. The second kappa shape index (κ2) is 7.70. The van der Waals surface area contributed by atoms with Crippen molar-refractivity contribution < 1.29 is 9.18 Å². The van der Waals surface area contributed by atoms with Gasteiger partial charge in [0.25, 0.3) is 0 Å². The van der Waals surface area contributed by atoms with E-state index in [1.807, 2.05) is 18.4 Å². The minimum Gasteiger partial charge on any atom is -0.334 e. The maximum Gasteiger partial charge on any atom is 0.317 e. The Kier molecular flexibility index (Phi) is 5.66. The van der Waals surface area contributed by atoms with E-state index >= 15 is 0 Å². The van der Waals surface area contributed by atoms with Gasteiger partial charge in [0.1, 0.15) is 5.82 Å². The molecule has 0 aliphatic carbocycles. The number of amides is 2. The SMILES string of the molecule is C[C@H](CN(C)C(=O)NCc1cc(C#N)ccc1F)c1nccs1. The molecule has 1 atom stereocenters. The molecule has 0 spiro atoms. The highest BCUT2D eigenvalue weighted by molar-refractivity contribution is 7.09. The van der Waals surface area contributed by atoms with Gasteiger partial charge in [-0.15, -0.1) is 11.3 Å². The van der Waals surface area contributed by atoms with Crippen LogP contribution in [-0.2, 0) is 6.54 Å². The van der Waals surface area contributed by atoms with E-state index in [9.17, 15) is 9.18 Å². The lowest BCUT2D eigenvalue weighted by Crippen LogP contribution is -2.38. The van der Waals surface area contributed by atoms with Crippen molar-refractivity contribution in [2.45, 2.75) is 19.4 Å². The summed E-state index contributed by atoms with van der Waals surface area (Å²) in [6.07, 6.45) is 1.74. The summed E-state index contributed by atoms with van der Waals surface area (Å²) in [5.74, 6) is -0.312. The molecule has 2 rings (SSSR count). The van der Waals surface area contributed by atoms with E-state index in [2.05, 4.69) is 10.3 Å². The van der Waals surface area contributed by atoms with Crippen molar-refractivity contribution in [1.82, 2.24) is 15.2 Å². The standard InChI is InChI=1S/C16H17FN4OS/c1-11(15-19-5-6-23-15)10-21(2)16(22)20-9-13-7-12(8-18)3-4-14(13)17/h3-7,11H,9-10H2,1-2H3,(H,20,22)/t11-/m1/s1. The van der Waals surface area contributed by atoms with E-state index in [0.717, 1.165) is 5.01 Å². The van der Waals surface area contributed by atoms with Crippen LogP contribution in [0.15, 0.2) is 29.8 Å². The zero-order valence-corrected chi connectivity index (χ0v) is 13.7. The molecule has 7 heteroatoms. The van der Waals surface area contributed by atoms with Crippen LogP contribution in [0.2, 0.25) is 0 Å². The lowest BCUT2D eigenvalue weighted by atomic mass is 10.1. The van der Waals surface area contributed by atoms with E-state index in [1.54, 1.807) is 24.6 Å². The summed E-state index contributed by atoms with van der Waals surface area (Å²) in [7, 11) is 1.68. The molecule has 0 unspecified atom stereocenters. The highest BCUT2D eigenvalue weighted by atomic mass is 32.1. The molecule has 0 saturated heterocycles. The van der Waals surface area contributed by atoms with Gasteiger partial charge in [0.2, 0.25) is 0 Å². The summed E-state index contributed by atoms with van der Waals surface area (Å²) in [6.45, 7) is 2.55. The predicted molar refractivity (Wildman–Crippen MR) is 86.5 cm³/mol. The number of likely N-dealkylation sites (N-methyl/N-ethyl adjacent to an activating group) is 1. The largest absolute Gasteiger partial charge is 0.334 e. The van der Waals surface area contributed by atoms with E-state index in [-0.39, 0.29) is 18.5 Å². The number of nitrogens with one attached hydrogen (secondary N) is 1. The highest BCUT2D eigenvalue weighted by Crippen LogP contribution is 2.18. The molecule has 23 heavy (non-hydrogen) atoms. The van der Waals surface area contributed by atoms with Crippen molar-refractivity contribution in [3.05, 3.63) is 51.7 Å². The highest BCUT2D eigenvalue weighted by Gasteiger charge is 2.15. The molecule has 1 aromatic heterocycles. The summed E-state index contributed by atoms with van der Waals surface area (Å²) in [5.41, 5.74) is 0.653. The van der Waals surface area contributed by atoms with Gasteiger partial charge in [0.15, 0.2) is 0 Å². The van der Waals surface area contributed by atoms with Gasteiger partial charge >= 0.3 is 6.03 Å². The van der Waals surface area contributed by atoms with Gasteiger partial charge in [0, 0.05) is 43.2 Å². The number of hydrogen-bond donors (Lipinski definition) is 1. The Morgan fingerprint density at radius 2 is 2.35 bits per heavy atom. The van der Waals surface area contributed by atoms with Gasteiger partial charge in [-0.1, -0.05) is 6.92 Å². The topological polar surface area (TPSA) is 69.0 Å². The minimum atomic E-state index is -0.442. The molecule has 0 aliphatic rings. The summed E-state index contributed by atoms with van der Waals surface area (Å²) < 4.78 is 13.7. The lowest BCUT2D eigenvalue weighted by Gasteiger charge is -2.21. The average molecular weight is 332 g/mol. The molecule has 0 aliphatic heterocycles. The average Bonchev–Trinajstić information content (AvgIpc) is 3.08. The number of hydrogen-bond acceptors (Lipinski definition) is 4. The van der Waals surface area contributed by atoms with Crippen LogP contribution in [-0.4, -0.2) is 29.5 Å². The maximum atomic E-state index is 13.7. The van der Waals surface area contributed by atoms with E-state index < -0.39 is 5.82 Å². The van der Waals surface area contributed by atoms with Gasteiger partial charge in [-0.3, -0.25) is 0 Å². The van der Waals surface area contributed by atoms with Gasteiger partial charge in [-0.2, -0.15) is 5.26 Å². The second-order valence-electron chi connectivity index (χ2n) is 5.23. The first kappa shape index (κ1) is 16.9. The molecular weight excluding hydrogens is 315 g/mol. The first-order chi connectivity index (χ1) is 11.0. The lowest BCUT2D eigenvalue weighted by molar-refractivity contribution is 0.206. The van der Waals surface area contributed by atoms with E-state index in [0.29, 0.717) is 17.7 Å². The molecule has 0 bridgehead atoms. The Morgan fingerprint density at radius 1 is 1.57 bits per heavy atom. The number of carbonyl (C=O) groups excluding carboxylic acids is 1. The molecule has 1 heterocycles. The Labute approximate surface area is 138 Å². The maximum absolute atomic E-state index is 13.7. The zero-order valence-electron chi connectivity index (χ0n) is 12.9. The van der Waals surface area contributed by atoms with Crippen LogP contribution in [0.25, 0.3) is 0 Å². The number of nitriles is 1. The third-order valence-electron chi connectivity index (χ3n) is 3.37. The summed E-state index contributed by atoms with van der Waals surface area (Å²) in [4.78, 5) is 17.9. The summed E-state index contributed by atoms with van der Waals surface area (Å²) in [5, 5.41) is 14.4. The first-order valence-electron chi connectivity index (χ1n) is 7.08. The Morgan fingerprint density at radius 3 is 3.00 bits per heavy atom. The van der Waals surface area contributed by atoms with Gasteiger partial charge in [-0.05, 0) is 18.2 Å². The number of carbonyl (C=O) groups is 1. The van der Waals surface area contributed by atoms with Gasteiger partial charge in [0.05, 0.1) is 16.6 Å². The molecule has 0 saturated carbocycles. The number of nitrogens with zero attached hydrogens (tertiary/aromatic N) is 3. The second-order valence-corrected chi connectivity index (χ2v) is 6.15. The molecule has 5 nitrogen and oxygen atoms in total. The minimum absolute atomic E-state index is 0.0379. The Balaban J connectivity index is 1.90. The molecule has 1 N–H and O–H groups in total. The van der Waals surface area contributed by atoms with Crippen LogP contribution in [0.1, 0.15) is 29.0 Å². The number of urea groups is 1. The molecule has 120 valence electrons. The number of aromatic nitrogens is 1. The van der Waals surface area contributed by atoms with Crippen molar-refractivity contribution in [3.8, 4) is 6.07 Å². The number of thiazole rings is 1. The molecular formula is C16H17FN4OS. The van der Waals surface area contributed by atoms with Crippen LogP contribution in [0, 0.1) is 17.1 Å². The van der Waals surface area contributed by atoms with E-state index in [4.69, 9.17) is 5.26 Å². The molecule has 1 aromatic carbocycles. The number of halogens is 1. The number of rotatable bonds is 5. The third kappa shape index (κ3) is 4.50. The van der Waals surface area contributed by atoms with Crippen LogP contribution in [0.3, 0.4) is 0 Å². The van der Waals surface area contributed by atoms with Crippen LogP contribution < -0.4 is 5.32 Å². The number of benzene rings is 1. The van der Waals surface area contributed by atoms with Gasteiger partial charge < -0.3 is 10.2 Å². The van der Waals surface area contributed by atoms with Crippen LogP contribution in [0.5, 0.6) is 0 Å². The smallest absolute Gasteiger partial charge is 0.317 e. The fourth-order valence-electron chi connectivity index (χ4n) is 2.14. The fourth-order valence-corrected chi connectivity index (χ4v) is 2.82. The molecule has 2 amide bonds. The fraction of sp³-hybridized carbons (Fsp3) is 0.312. The van der Waals surface area contributed by atoms with Crippen LogP contribution in [0.4, 0.5) is 9.18 Å². The normalized spacial score (nSPS) is 11.6. The third-order valence-corrected chi connectivity index (χ3v) is 4.38. The molecule has 0 radical (unpaired) electrons. The predicted octanol–water partition coefficient (Wildman–Crippen LogP) is 3.10. The van der Waals surface area contributed by atoms with Crippen molar-refractivity contribution >= 4 is 17.4 Å². The van der Waals surface area contributed by atoms with Crippen molar-refractivity contribution in [2.75, 3.05) is 13.6 Å². The Hall–Kier alpha value is -2.46. The zero-order chi connectivity index (χ0) is 16.8. The van der Waals surface area contributed by atoms with Crippen LogP contribution >= 0.6 is 11.3 Å². The summed E-state index contributed by atoms with van der Waals surface area (Å²) >= 11 is 1.55. The first-order valence-corrected chi connectivity index (χ1v) is 7.96. The molecule has 0 fully saturated rings. The van der Waals surface area contributed by atoms with E-state index in [1.165, 1.54) is 23.1 Å². The van der Waals surface area contributed by atoms with Crippen molar-refractivity contribution in [3.63, 3.8) is 0 Å². The Bertz CT molecular complexity index is 711.